The standard InChI is InChI=1S/C13H18O5/c1-4-10(14)8(2)18-12-7-9(13(15)16)5-6-11(12)17-3/h5-8,10,14H,4H2,1-3H3,(H,15,16). The summed E-state index contributed by atoms with van der Waals surface area (Å²) in [6.07, 6.45) is -0.488. The molecule has 18 heavy (non-hydrogen) atoms. The van der Waals surface area contributed by atoms with E-state index in [9.17, 15) is 9.90 Å². The van der Waals surface area contributed by atoms with E-state index in [1.54, 1.807) is 6.92 Å². The first kappa shape index (κ1) is 14.3. The summed E-state index contributed by atoms with van der Waals surface area (Å²) in [5.41, 5.74) is 0.115. The molecule has 5 nitrogen and oxygen atoms in total. The molecule has 0 radical (unpaired) electrons. The van der Waals surface area contributed by atoms with Crippen molar-refractivity contribution < 1.29 is 24.5 Å². The van der Waals surface area contributed by atoms with Crippen LogP contribution in [0.1, 0.15) is 30.6 Å². The molecule has 0 saturated heterocycles. The number of carboxylic acids is 1. The molecule has 1 rings (SSSR count). The fourth-order valence-electron chi connectivity index (χ4n) is 1.51. The highest BCUT2D eigenvalue weighted by Crippen LogP contribution is 2.29. The van der Waals surface area contributed by atoms with E-state index in [1.807, 2.05) is 6.92 Å². The molecule has 0 bridgehead atoms. The fraction of sp³-hybridized carbons (Fsp3) is 0.462. The molecule has 1 aromatic carbocycles. The van der Waals surface area contributed by atoms with Gasteiger partial charge in [0.15, 0.2) is 11.5 Å². The molecule has 0 spiro atoms. The van der Waals surface area contributed by atoms with Crippen molar-refractivity contribution >= 4 is 5.97 Å². The molecule has 0 aliphatic rings. The maximum absolute atomic E-state index is 10.9. The number of hydrogen-bond donors (Lipinski definition) is 2. The Balaban J connectivity index is 2.97. The Hall–Kier alpha value is -1.75. The van der Waals surface area contributed by atoms with Crippen LogP contribution in [0.4, 0.5) is 0 Å². The van der Waals surface area contributed by atoms with Crippen LogP contribution in [-0.4, -0.2) is 35.5 Å². The number of aliphatic hydroxyl groups is 1. The lowest BCUT2D eigenvalue weighted by Crippen LogP contribution is -2.28. The molecule has 0 aliphatic carbocycles. The third kappa shape index (κ3) is 3.37. The quantitative estimate of drug-likeness (QED) is 0.811. The van der Waals surface area contributed by atoms with E-state index in [4.69, 9.17) is 14.6 Å². The Labute approximate surface area is 106 Å². The van der Waals surface area contributed by atoms with Crippen LogP contribution in [0.2, 0.25) is 0 Å². The van der Waals surface area contributed by atoms with Crippen molar-refractivity contribution in [1.29, 1.82) is 0 Å². The molecule has 0 heterocycles. The number of carbonyl (C=O) groups is 1. The second kappa shape index (κ2) is 6.26. The van der Waals surface area contributed by atoms with Crippen molar-refractivity contribution in [3.63, 3.8) is 0 Å². The summed E-state index contributed by atoms with van der Waals surface area (Å²) in [5.74, 6) is -0.279. The Morgan fingerprint density at radius 3 is 2.56 bits per heavy atom. The zero-order valence-electron chi connectivity index (χ0n) is 10.7. The zero-order valence-corrected chi connectivity index (χ0v) is 10.7. The zero-order chi connectivity index (χ0) is 13.7. The fourth-order valence-corrected chi connectivity index (χ4v) is 1.51. The lowest BCUT2D eigenvalue weighted by Gasteiger charge is -2.20. The molecule has 0 amide bonds. The van der Waals surface area contributed by atoms with Crippen LogP contribution in [0, 0.1) is 0 Å². The van der Waals surface area contributed by atoms with E-state index >= 15 is 0 Å². The summed E-state index contributed by atoms with van der Waals surface area (Å²) in [6.45, 7) is 3.57. The van der Waals surface area contributed by atoms with Gasteiger partial charge in [-0.1, -0.05) is 6.92 Å². The Bertz CT molecular complexity index is 416. The lowest BCUT2D eigenvalue weighted by molar-refractivity contribution is 0.0434. The Morgan fingerprint density at radius 1 is 1.39 bits per heavy atom. The molecule has 100 valence electrons. The van der Waals surface area contributed by atoms with Gasteiger partial charge >= 0.3 is 5.97 Å². The first-order valence-electron chi connectivity index (χ1n) is 5.75. The maximum atomic E-state index is 10.9. The van der Waals surface area contributed by atoms with Gasteiger partial charge in [-0.25, -0.2) is 4.79 Å². The minimum absolute atomic E-state index is 0.115. The lowest BCUT2D eigenvalue weighted by atomic mass is 10.1. The summed E-state index contributed by atoms with van der Waals surface area (Å²) in [7, 11) is 1.48. The first-order valence-corrected chi connectivity index (χ1v) is 5.75. The number of rotatable bonds is 6. The van der Waals surface area contributed by atoms with Gasteiger partial charge in [-0.3, -0.25) is 0 Å². The Morgan fingerprint density at radius 2 is 2.06 bits per heavy atom. The smallest absolute Gasteiger partial charge is 0.335 e. The van der Waals surface area contributed by atoms with Gasteiger partial charge in [-0.2, -0.15) is 0 Å². The molecule has 2 N–H and O–H groups in total. The molecule has 2 unspecified atom stereocenters. The highest BCUT2D eigenvalue weighted by molar-refractivity contribution is 5.88. The average molecular weight is 254 g/mol. The number of carboxylic acid groups (broad SMARTS) is 1. The van der Waals surface area contributed by atoms with Gasteiger partial charge in [0.1, 0.15) is 6.10 Å². The summed E-state index contributed by atoms with van der Waals surface area (Å²) in [5, 5.41) is 18.6. The summed E-state index contributed by atoms with van der Waals surface area (Å²) < 4.78 is 10.6. The van der Waals surface area contributed by atoms with Crippen molar-refractivity contribution in [3.05, 3.63) is 23.8 Å². The van der Waals surface area contributed by atoms with Crippen LogP contribution in [0.5, 0.6) is 11.5 Å². The van der Waals surface area contributed by atoms with E-state index in [0.29, 0.717) is 17.9 Å². The third-order valence-electron chi connectivity index (χ3n) is 2.68. The van der Waals surface area contributed by atoms with Crippen LogP contribution >= 0.6 is 0 Å². The predicted octanol–water partition coefficient (Wildman–Crippen LogP) is 1.93. The van der Waals surface area contributed by atoms with Crippen LogP contribution in [0.3, 0.4) is 0 Å². The van der Waals surface area contributed by atoms with Crippen molar-refractivity contribution in [1.82, 2.24) is 0 Å². The van der Waals surface area contributed by atoms with Gasteiger partial charge < -0.3 is 19.7 Å². The summed E-state index contributed by atoms with van der Waals surface area (Å²) >= 11 is 0. The summed E-state index contributed by atoms with van der Waals surface area (Å²) in [4.78, 5) is 10.9. The van der Waals surface area contributed by atoms with Gasteiger partial charge in [-0.15, -0.1) is 0 Å². The van der Waals surface area contributed by atoms with Gasteiger partial charge in [0.05, 0.1) is 18.8 Å². The molecule has 2 atom stereocenters. The van der Waals surface area contributed by atoms with E-state index in [2.05, 4.69) is 0 Å². The van der Waals surface area contributed by atoms with Gasteiger partial charge in [0, 0.05) is 0 Å². The van der Waals surface area contributed by atoms with E-state index < -0.39 is 18.2 Å². The second-order valence-electron chi connectivity index (χ2n) is 3.97. The largest absolute Gasteiger partial charge is 0.493 e. The Kier molecular flexibility index (Phi) is 4.97. The molecular weight excluding hydrogens is 236 g/mol. The van der Waals surface area contributed by atoms with Gasteiger partial charge in [-0.05, 0) is 31.5 Å². The number of methoxy groups -OCH3 is 1. The van der Waals surface area contributed by atoms with Crippen LogP contribution in [0.15, 0.2) is 18.2 Å². The molecular formula is C13H18O5. The number of aromatic carboxylic acids is 1. The molecule has 1 aromatic rings. The second-order valence-corrected chi connectivity index (χ2v) is 3.97. The SMILES string of the molecule is CCC(O)C(C)Oc1cc(C(=O)O)ccc1OC. The van der Waals surface area contributed by atoms with E-state index in [-0.39, 0.29) is 5.56 Å². The highest BCUT2D eigenvalue weighted by Gasteiger charge is 2.17. The van der Waals surface area contributed by atoms with Crippen LogP contribution < -0.4 is 9.47 Å². The van der Waals surface area contributed by atoms with E-state index in [0.717, 1.165) is 0 Å². The average Bonchev–Trinajstić information content (AvgIpc) is 2.37. The minimum atomic E-state index is -1.04. The molecule has 0 aromatic heterocycles. The molecule has 0 fully saturated rings. The predicted molar refractivity (Wildman–Crippen MR) is 66.3 cm³/mol. The number of benzene rings is 1. The number of aliphatic hydroxyl groups excluding tert-OH is 1. The number of ether oxygens (including phenoxy) is 2. The summed E-state index contributed by atoms with van der Waals surface area (Å²) in [6, 6.07) is 4.36. The van der Waals surface area contributed by atoms with E-state index in [1.165, 1.54) is 25.3 Å². The van der Waals surface area contributed by atoms with Gasteiger partial charge in [0.25, 0.3) is 0 Å². The topological polar surface area (TPSA) is 76.0 Å². The van der Waals surface area contributed by atoms with Crippen molar-refractivity contribution in [2.45, 2.75) is 32.5 Å². The maximum Gasteiger partial charge on any atom is 0.335 e. The monoisotopic (exact) mass is 254 g/mol. The third-order valence-corrected chi connectivity index (χ3v) is 2.68. The molecule has 0 aliphatic heterocycles. The minimum Gasteiger partial charge on any atom is -0.493 e. The molecule has 0 saturated carbocycles. The number of hydrogen-bond acceptors (Lipinski definition) is 4. The van der Waals surface area contributed by atoms with Crippen molar-refractivity contribution in [2.75, 3.05) is 7.11 Å². The normalized spacial score (nSPS) is 13.8. The molecule has 5 heteroatoms. The first-order chi connectivity index (χ1) is 8.49. The van der Waals surface area contributed by atoms with Crippen LogP contribution in [0.25, 0.3) is 0 Å². The van der Waals surface area contributed by atoms with Gasteiger partial charge in [0.2, 0.25) is 0 Å². The van der Waals surface area contributed by atoms with Crippen molar-refractivity contribution in [2.24, 2.45) is 0 Å². The van der Waals surface area contributed by atoms with Crippen LogP contribution in [-0.2, 0) is 0 Å². The highest BCUT2D eigenvalue weighted by atomic mass is 16.5. The van der Waals surface area contributed by atoms with Crippen molar-refractivity contribution in [3.8, 4) is 11.5 Å².